The van der Waals surface area contributed by atoms with Crippen LogP contribution in [0.1, 0.15) is 28.7 Å². The molecule has 1 aromatic heterocycles. The number of benzene rings is 1. The first-order chi connectivity index (χ1) is 12.6. The average Bonchev–Trinajstić information content (AvgIpc) is 2.66. The monoisotopic (exact) mass is 373 g/mol. The van der Waals surface area contributed by atoms with Gasteiger partial charge in [0.15, 0.2) is 0 Å². The summed E-state index contributed by atoms with van der Waals surface area (Å²) in [5.74, 6) is 0.410. The molecule has 0 atom stereocenters. The van der Waals surface area contributed by atoms with Crippen molar-refractivity contribution in [1.29, 1.82) is 0 Å². The Kier molecular flexibility index (Phi) is 6.06. The maximum Gasteiger partial charge on any atom is 0.272 e. The van der Waals surface area contributed by atoms with E-state index in [0.717, 1.165) is 44.0 Å². The molecule has 1 amide bonds. The van der Waals surface area contributed by atoms with Crippen molar-refractivity contribution in [2.75, 3.05) is 38.0 Å². The molecule has 0 radical (unpaired) electrons. The normalized spacial score (nSPS) is 15.1. The second-order valence-electron chi connectivity index (χ2n) is 6.39. The molecule has 1 aliphatic rings. The smallest absolute Gasteiger partial charge is 0.272 e. The van der Waals surface area contributed by atoms with Crippen LogP contribution >= 0.6 is 11.6 Å². The molecule has 1 saturated heterocycles. The summed E-state index contributed by atoms with van der Waals surface area (Å²) in [6, 6.07) is 9.37. The fourth-order valence-electron chi connectivity index (χ4n) is 3.00. The minimum atomic E-state index is -0.0351. The Hall–Kier alpha value is -2.18. The molecule has 138 valence electrons. The van der Waals surface area contributed by atoms with Crippen LogP contribution in [0.25, 0.3) is 0 Å². The van der Waals surface area contributed by atoms with Gasteiger partial charge >= 0.3 is 0 Å². The third-order valence-electron chi connectivity index (χ3n) is 4.57. The van der Waals surface area contributed by atoms with E-state index >= 15 is 0 Å². The van der Waals surface area contributed by atoms with Crippen molar-refractivity contribution in [3.05, 3.63) is 52.3 Å². The molecule has 1 N–H and O–H groups in total. The molecule has 0 saturated carbocycles. The van der Waals surface area contributed by atoms with Crippen molar-refractivity contribution in [3.8, 4) is 0 Å². The number of nitrogens with one attached hydrogen (secondary N) is 1. The number of rotatable bonds is 5. The molecule has 3 rings (SSSR count). The number of carbonyl (C=O) groups is 1. The van der Waals surface area contributed by atoms with Gasteiger partial charge in [-0.3, -0.25) is 4.79 Å². The van der Waals surface area contributed by atoms with Gasteiger partial charge in [-0.1, -0.05) is 36.7 Å². The van der Waals surface area contributed by atoms with E-state index in [9.17, 15) is 4.79 Å². The average molecular weight is 374 g/mol. The minimum Gasteiger partial charge on any atom is -0.350 e. The Morgan fingerprint density at radius 1 is 1.19 bits per heavy atom. The number of likely N-dealkylation sites (N-methyl/N-ethyl adjacent to an activating group) is 1. The Bertz CT molecular complexity index is 774. The highest BCUT2D eigenvalue weighted by Crippen LogP contribution is 2.16. The van der Waals surface area contributed by atoms with Crippen LogP contribution in [0.4, 0.5) is 5.95 Å². The van der Waals surface area contributed by atoms with Gasteiger partial charge in [0.25, 0.3) is 5.91 Å². The zero-order valence-electron chi connectivity index (χ0n) is 15.2. The summed E-state index contributed by atoms with van der Waals surface area (Å²) in [6.45, 7) is 8.82. The number of nitrogens with zero attached hydrogens (tertiary/aromatic N) is 4. The highest BCUT2D eigenvalue weighted by Gasteiger charge is 2.23. The zero-order chi connectivity index (χ0) is 18.5. The maximum atomic E-state index is 12.8. The number of amides is 1. The van der Waals surface area contributed by atoms with Crippen molar-refractivity contribution in [3.63, 3.8) is 0 Å². The van der Waals surface area contributed by atoms with Crippen molar-refractivity contribution >= 4 is 23.5 Å². The van der Waals surface area contributed by atoms with Crippen LogP contribution in [0, 0.1) is 6.92 Å². The second kappa shape index (κ2) is 8.47. The van der Waals surface area contributed by atoms with Crippen LogP contribution < -0.4 is 5.32 Å². The van der Waals surface area contributed by atoms with E-state index in [1.54, 1.807) is 6.07 Å². The molecule has 2 heterocycles. The van der Waals surface area contributed by atoms with Gasteiger partial charge in [0.2, 0.25) is 5.95 Å². The highest BCUT2D eigenvalue weighted by atomic mass is 35.5. The van der Waals surface area contributed by atoms with E-state index in [0.29, 0.717) is 23.2 Å². The third-order valence-corrected chi connectivity index (χ3v) is 4.94. The quantitative estimate of drug-likeness (QED) is 0.873. The number of hydrogen-bond acceptors (Lipinski definition) is 5. The molecule has 1 aliphatic heterocycles. The summed E-state index contributed by atoms with van der Waals surface area (Å²) in [5.41, 5.74) is 2.16. The van der Waals surface area contributed by atoms with Crippen LogP contribution in [0.2, 0.25) is 5.02 Å². The van der Waals surface area contributed by atoms with Crippen LogP contribution in [0.15, 0.2) is 30.3 Å². The van der Waals surface area contributed by atoms with Crippen molar-refractivity contribution < 1.29 is 4.79 Å². The van der Waals surface area contributed by atoms with E-state index < -0.39 is 0 Å². The number of aromatic nitrogens is 2. The van der Waals surface area contributed by atoms with Gasteiger partial charge in [-0.15, -0.1) is 0 Å². The van der Waals surface area contributed by atoms with Gasteiger partial charge < -0.3 is 15.1 Å². The van der Waals surface area contributed by atoms with E-state index in [1.165, 1.54) is 0 Å². The molecule has 6 nitrogen and oxygen atoms in total. The number of piperazine rings is 1. The summed E-state index contributed by atoms with van der Waals surface area (Å²) in [6.07, 6.45) is 0. The van der Waals surface area contributed by atoms with Crippen molar-refractivity contribution in [2.45, 2.75) is 20.4 Å². The Morgan fingerprint density at radius 3 is 2.62 bits per heavy atom. The topological polar surface area (TPSA) is 61.4 Å². The summed E-state index contributed by atoms with van der Waals surface area (Å²) < 4.78 is 0. The highest BCUT2D eigenvalue weighted by molar-refractivity contribution is 6.31. The molecule has 0 spiro atoms. The Balaban J connectivity index is 1.69. The van der Waals surface area contributed by atoms with Crippen LogP contribution in [0.5, 0.6) is 0 Å². The summed E-state index contributed by atoms with van der Waals surface area (Å²) in [5, 5.41) is 3.86. The predicted octanol–water partition coefficient (Wildman–Crippen LogP) is 2.83. The lowest BCUT2D eigenvalue weighted by atomic mass is 10.2. The molecule has 1 fully saturated rings. The van der Waals surface area contributed by atoms with Crippen LogP contribution in [-0.2, 0) is 6.54 Å². The molecular formula is C19H24ClN5O. The Labute approximate surface area is 159 Å². The number of aryl methyl sites for hydroxylation is 1. The largest absolute Gasteiger partial charge is 0.350 e. The SMILES string of the molecule is CCN1CCN(C(=O)c2cc(C)nc(NCc3ccccc3Cl)n2)CC1. The van der Waals surface area contributed by atoms with E-state index in [4.69, 9.17) is 11.6 Å². The lowest BCUT2D eigenvalue weighted by Gasteiger charge is -2.33. The molecule has 0 aliphatic carbocycles. The van der Waals surface area contributed by atoms with Gasteiger partial charge in [0.05, 0.1) is 0 Å². The lowest BCUT2D eigenvalue weighted by molar-refractivity contribution is 0.0637. The Morgan fingerprint density at radius 2 is 1.92 bits per heavy atom. The minimum absolute atomic E-state index is 0.0351. The fourth-order valence-corrected chi connectivity index (χ4v) is 3.20. The third kappa shape index (κ3) is 4.51. The first-order valence-corrected chi connectivity index (χ1v) is 9.29. The van der Waals surface area contributed by atoms with Gasteiger partial charge in [-0.25, -0.2) is 9.97 Å². The second-order valence-corrected chi connectivity index (χ2v) is 6.80. The molecule has 26 heavy (non-hydrogen) atoms. The van der Waals surface area contributed by atoms with Gasteiger partial charge in [-0.05, 0) is 31.2 Å². The molecule has 7 heteroatoms. The molecule has 0 bridgehead atoms. The maximum absolute atomic E-state index is 12.8. The number of anilines is 1. The zero-order valence-corrected chi connectivity index (χ0v) is 16.0. The lowest BCUT2D eigenvalue weighted by Crippen LogP contribution is -2.48. The first kappa shape index (κ1) is 18.6. The van der Waals surface area contributed by atoms with Crippen LogP contribution in [0.3, 0.4) is 0 Å². The first-order valence-electron chi connectivity index (χ1n) is 8.91. The van der Waals surface area contributed by atoms with E-state index in [1.807, 2.05) is 36.1 Å². The van der Waals surface area contributed by atoms with Crippen LogP contribution in [-0.4, -0.2) is 58.4 Å². The fraction of sp³-hybridized carbons (Fsp3) is 0.421. The summed E-state index contributed by atoms with van der Waals surface area (Å²) >= 11 is 6.18. The van der Waals surface area contributed by atoms with E-state index in [-0.39, 0.29) is 5.91 Å². The summed E-state index contributed by atoms with van der Waals surface area (Å²) in [4.78, 5) is 25.8. The standard InChI is InChI=1S/C19H24ClN5O/c1-3-24-8-10-25(11-9-24)18(26)17-12-14(2)22-19(23-17)21-13-15-6-4-5-7-16(15)20/h4-7,12H,3,8-11,13H2,1-2H3,(H,21,22,23). The van der Waals surface area contributed by atoms with E-state index in [2.05, 4.69) is 27.1 Å². The van der Waals surface area contributed by atoms with Crippen molar-refractivity contribution in [1.82, 2.24) is 19.8 Å². The summed E-state index contributed by atoms with van der Waals surface area (Å²) in [7, 11) is 0. The van der Waals surface area contributed by atoms with Gasteiger partial charge in [0, 0.05) is 43.4 Å². The predicted molar refractivity (Wildman–Crippen MR) is 104 cm³/mol. The van der Waals surface area contributed by atoms with Crippen molar-refractivity contribution in [2.24, 2.45) is 0 Å². The van der Waals surface area contributed by atoms with Gasteiger partial charge in [-0.2, -0.15) is 0 Å². The van der Waals surface area contributed by atoms with Gasteiger partial charge in [0.1, 0.15) is 5.69 Å². The molecule has 2 aromatic rings. The molecule has 1 aromatic carbocycles. The molecular weight excluding hydrogens is 350 g/mol. The number of carbonyl (C=O) groups excluding carboxylic acids is 1. The molecule has 0 unspecified atom stereocenters. The number of hydrogen-bond donors (Lipinski definition) is 1. The number of halogens is 1.